The summed E-state index contributed by atoms with van der Waals surface area (Å²) in [6.07, 6.45) is 4.35. The van der Waals surface area contributed by atoms with E-state index in [1.165, 1.54) is 93.8 Å². The van der Waals surface area contributed by atoms with E-state index in [-0.39, 0.29) is 0 Å². The molecule has 0 atom stereocenters. The van der Waals surface area contributed by atoms with Crippen molar-refractivity contribution in [3.63, 3.8) is 0 Å². The minimum absolute atomic E-state index is 0.937. The van der Waals surface area contributed by atoms with Gasteiger partial charge in [0.1, 0.15) is 0 Å². The average molecular weight is 715 g/mol. The number of fused-ring (bicyclic) bond motifs is 7. The van der Waals surface area contributed by atoms with Gasteiger partial charge in [-0.2, -0.15) is 0 Å². The summed E-state index contributed by atoms with van der Waals surface area (Å²) in [5.41, 5.74) is 13.6. The number of hydrogen-bond donors (Lipinski definition) is 0. The van der Waals surface area contributed by atoms with Crippen LogP contribution in [0, 0.1) is 0 Å². The highest BCUT2D eigenvalue weighted by Gasteiger charge is 2.25. The van der Waals surface area contributed by atoms with E-state index in [1.54, 1.807) is 0 Å². The quantitative estimate of drug-likeness (QED) is 0.156. The molecule has 10 aromatic rings. The van der Waals surface area contributed by atoms with E-state index < -0.39 is 0 Å². The van der Waals surface area contributed by atoms with Crippen molar-refractivity contribution in [3.05, 3.63) is 217 Å². The lowest BCUT2D eigenvalue weighted by atomic mass is 9.92. The van der Waals surface area contributed by atoms with E-state index in [0.717, 1.165) is 18.5 Å². The lowest BCUT2D eigenvalue weighted by Crippen LogP contribution is -2.19. The maximum absolute atomic E-state index is 2.48. The molecule has 0 fully saturated rings. The second-order valence-electron chi connectivity index (χ2n) is 14.9. The molecule has 56 heavy (non-hydrogen) atoms. The molecule has 0 N–H and O–H groups in total. The predicted molar refractivity (Wildman–Crippen MR) is 238 cm³/mol. The molecule has 0 bridgehead atoms. The number of rotatable bonds is 6. The highest BCUT2D eigenvalue weighted by Crippen LogP contribution is 2.42. The number of anilines is 2. The second-order valence-corrected chi connectivity index (χ2v) is 14.9. The van der Waals surface area contributed by atoms with Crippen molar-refractivity contribution in [1.29, 1.82) is 0 Å². The van der Waals surface area contributed by atoms with Crippen LogP contribution >= 0.6 is 0 Å². The second kappa shape index (κ2) is 13.3. The number of aromatic nitrogens is 1. The third kappa shape index (κ3) is 5.41. The maximum Gasteiger partial charge on any atom is 0.0537 e. The van der Waals surface area contributed by atoms with Crippen LogP contribution in [0.4, 0.5) is 11.4 Å². The Labute approximate surface area is 326 Å². The van der Waals surface area contributed by atoms with Crippen molar-refractivity contribution in [2.24, 2.45) is 0 Å². The molecule has 1 heterocycles. The molecule has 0 unspecified atom stereocenters. The lowest BCUT2D eigenvalue weighted by molar-refractivity contribution is 0.887. The van der Waals surface area contributed by atoms with Gasteiger partial charge in [-0.1, -0.05) is 146 Å². The fraction of sp³-hybridized carbons (Fsp3) is 0.0370. The van der Waals surface area contributed by atoms with Gasteiger partial charge >= 0.3 is 0 Å². The van der Waals surface area contributed by atoms with Crippen molar-refractivity contribution in [2.75, 3.05) is 4.90 Å². The molecule has 9 aromatic carbocycles. The zero-order chi connectivity index (χ0) is 37.0. The fourth-order valence-electron chi connectivity index (χ4n) is 9.01. The minimum atomic E-state index is 0.937. The van der Waals surface area contributed by atoms with Gasteiger partial charge in [-0.3, -0.25) is 0 Å². The highest BCUT2D eigenvalue weighted by atomic mass is 15.2. The molecule has 2 nitrogen and oxygen atoms in total. The molecule has 264 valence electrons. The number of nitrogens with zero attached hydrogens (tertiary/aromatic N) is 2. The van der Waals surface area contributed by atoms with Gasteiger partial charge in [-0.25, -0.2) is 0 Å². The van der Waals surface area contributed by atoms with Crippen molar-refractivity contribution in [2.45, 2.75) is 12.8 Å². The largest absolute Gasteiger partial charge is 0.314 e. The molecule has 0 aliphatic heterocycles. The van der Waals surface area contributed by atoms with Crippen LogP contribution in [-0.4, -0.2) is 4.57 Å². The van der Waals surface area contributed by atoms with Crippen LogP contribution < -0.4 is 4.90 Å². The van der Waals surface area contributed by atoms with Crippen molar-refractivity contribution in [3.8, 4) is 27.9 Å². The van der Waals surface area contributed by atoms with Gasteiger partial charge in [0.15, 0.2) is 0 Å². The summed E-state index contributed by atoms with van der Waals surface area (Å²) in [4.78, 5) is 2.48. The van der Waals surface area contributed by atoms with E-state index in [4.69, 9.17) is 0 Å². The zero-order valence-corrected chi connectivity index (χ0v) is 30.9. The molecule has 0 amide bonds. The van der Waals surface area contributed by atoms with Crippen LogP contribution in [0.3, 0.4) is 0 Å². The summed E-state index contributed by atoms with van der Waals surface area (Å²) in [6.45, 7) is 0. The van der Waals surface area contributed by atoms with E-state index >= 15 is 0 Å². The van der Waals surface area contributed by atoms with E-state index in [9.17, 15) is 0 Å². The van der Waals surface area contributed by atoms with Gasteiger partial charge in [0.05, 0.1) is 11.2 Å². The fourth-order valence-corrected chi connectivity index (χ4v) is 9.01. The molecular weight excluding hydrogens is 677 g/mol. The predicted octanol–water partition coefficient (Wildman–Crippen LogP) is 14.5. The monoisotopic (exact) mass is 714 g/mol. The first-order valence-corrected chi connectivity index (χ1v) is 19.6. The van der Waals surface area contributed by atoms with Gasteiger partial charge in [-0.15, -0.1) is 0 Å². The number of hydrogen-bond acceptors (Lipinski definition) is 1. The third-order valence-corrected chi connectivity index (χ3v) is 11.6. The van der Waals surface area contributed by atoms with Crippen LogP contribution in [0.2, 0.25) is 0 Å². The Morgan fingerprint density at radius 2 is 1.05 bits per heavy atom. The van der Waals surface area contributed by atoms with Gasteiger partial charge in [0, 0.05) is 28.1 Å². The molecular formula is C54H38N2. The molecule has 0 saturated carbocycles. The number of benzene rings is 9. The van der Waals surface area contributed by atoms with Gasteiger partial charge in [-0.05, 0) is 134 Å². The summed E-state index contributed by atoms with van der Waals surface area (Å²) >= 11 is 0. The maximum atomic E-state index is 2.48. The van der Waals surface area contributed by atoms with Crippen molar-refractivity contribution in [1.82, 2.24) is 4.57 Å². The van der Waals surface area contributed by atoms with Crippen LogP contribution in [0.15, 0.2) is 206 Å². The van der Waals surface area contributed by atoms with Crippen LogP contribution in [0.5, 0.6) is 0 Å². The summed E-state index contributed by atoms with van der Waals surface area (Å²) in [5, 5.41) is 8.94. The van der Waals surface area contributed by atoms with E-state index in [1.807, 2.05) is 0 Å². The summed E-state index contributed by atoms with van der Waals surface area (Å²) in [5.74, 6) is 0. The molecule has 1 aliphatic rings. The molecule has 2 heteroatoms. The first-order chi connectivity index (χ1) is 27.8. The zero-order valence-electron chi connectivity index (χ0n) is 30.9. The first-order valence-electron chi connectivity index (χ1n) is 19.6. The molecule has 0 saturated heterocycles. The Balaban J connectivity index is 1.03. The SMILES string of the molecule is C1=C(N(c2ccc(-c3cccc(-c4cc5ccccc5c5ccccc45)c3)cc2)c2ccc3ccccc3c2)CCc2c1n(-c1ccccc1)c1ccccc21. The molecule has 1 aliphatic carbocycles. The molecule has 0 radical (unpaired) electrons. The Morgan fingerprint density at radius 1 is 0.393 bits per heavy atom. The normalized spacial score (nSPS) is 12.6. The smallest absolute Gasteiger partial charge is 0.0537 e. The minimum Gasteiger partial charge on any atom is -0.314 e. The van der Waals surface area contributed by atoms with Crippen LogP contribution in [0.25, 0.3) is 77.2 Å². The van der Waals surface area contributed by atoms with E-state index in [2.05, 4.69) is 216 Å². The topological polar surface area (TPSA) is 8.17 Å². The Hall–Kier alpha value is -7.16. The van der Waals surface area contributed by atoms with Crippen LogP contribution in [-0.2, 0) is 6.42 Å². The van der Waals surface area contributed by atoms with Gasteiger partial charge < -0.3 is 9.47 Å². The third-order valence-electron chi connectivity index (χ3n) is 11.6. The Morgan fingerprint density at radius 3 is 1.89 bits per heavy atom. The van der Waals surface area contributed by atoms with Gasteiger partial charge in [0.25, 0.3) is 0 Å². The summed E-state index contributed by atoms with van der Waals surface area (Å²) in [7, 11) is 0. The summed E-state index contributed by atoms with van der Waals surface area (Å²) < 4.78 is 2.44. The Kier molecular flexibility index (Phi) is 7.67. The first kappa shape index (κ1) is 32.3. The number of aryl methyl sites for hydroxylation is 1. The highest BCUT2D eigenvalue weighted by molar-refractivity contribution is 6.14. The Bertz CT molecular complexity index is 3130. The molecule has 1 aromatic heterocycles. The summed E-state index contributed by atoms with van der Waals surface area (Å²) in [6, 6.07) is 73.2. The molecule has 11 rings (SSSR count). The van der Waals surface area contributed by atoms with Crippen LogP contribution in [0.1, 0.15) is 17.7 Å². The average Bonchev–Trinajstić information content (AvgIpc) is 3.60. The number of allylic oxidation sites excluding steroid dienone is 1. The van der Waals surface area contributed by atoms with E-state index in [0.29, 0.717) is 0 Å². The van der Waals surface area contributed by atoms with Crippen molar-refractivity contribution < 1.29 is 0 Å². The van der Waals surface area contributed by atoms with Gasteiger partial charge in [0.2, 0.25) is 0 Å². The number of para-hydroxylation sites is 2. The lowest BCUT2D eigenvalue weighted by Gasteiger charge is -2.31. The standard InChI is InChI=1S/C54H38N2/c1-2-18-43(19-3-1)56-53-24-11-10-23-50(53)51-32-31-46(36-54(51)56)55(45-30-27-37-13-4-5-14-40(37)34-45)44-28-25-38(26-29-44)39-16-12-17-41(33-39)52-35-42-15-6-7-20-47(42)48-21-8-9-22-49(48)52/h1-30,33-36H,31-32H2. The molecule has 0 spiro atoms. The van der Waals surface area contributed by atoms with Crippen molar-refractivity contribution >= 4 is 60.7 Å².